The lowest BCUT2D eigenvalue weighted by molar-refractivity contribution is -0.125. The first kappa shape index (κ1) is 18.1. The molecule has 0 bridgehead atoms. The smallest absolute Gasteiger partial charge is 0.266 e. The molecule has 0 saturated heterocycles. The van der Waals surface area contributed by atoms with Gasteiger partial charge in [-0.1, -0.05) is 24.3 Å². The fourth-order valence-electron chi connectivity index (χ4n) is 2.32. The van der Waals surface area contributed by atoms with Crippen LogP contribution in [0.1, 0.15) is 0 Å². The van der Waals surface area contributed by atoms with Crippen LogP contribution in [0.25, 0.3) is 0 Å². The third-order valence-corrected chi connectivity index (χ3v) is 3.50. The molecule has 1 N–H and O–H groups in total. The van der Waals surface area contributed by atoms with Crippen LogP contribution >= 0.6 is 0 Å². The van der Waals surface area contributed by atoms with Crippen molar-refractivity contribution in [2.75, 3.05) is 26.2 Å². The Balaban J connectivity index is 1.93. The van der Waals surface area contributed by atoms with Gasteiger partial charge in [0, 0.05) is 19.3 Å². The highest BCUT2D eigenvalue weighted by Gasteiger charge is 2.20. The zero-order valence-electron chi connectivity index (χ0n) is 14.0. The first-order valence-electron chi connectivity index (χ1n) is 7.92. The number of fused-ring (bicyclic) bond motifs is 1. The predicted octanol–water partition coefficient (Wildman–Crippen LogP) is 2.02. The van der Waals surface area contributed by atoms with Crippen molar-refractivity contribution in [3.05, 3.63) is 61.3 Å². The van der Waals surface area contributed by atoms with Gasteiger partial charge in [-0.2, -0.15) is 5.26 Å². The second kappa shape index (κ2) is 9.18. The molecule has 1 aliphatic rings. The van der Waals surface area contributed by atoms with Crippen LogP contribution in [0.5, 0.6) is 11.5 Å². The molecule has 1 amide bonds. The van der Waals surface area contributed by atoms with Gasteiger partial charge < -0.3 is 19.7 Å². The SMILES string of the molecule is C=CCN(CC=C)C(=O)/C(C#N)=C\NCC1COc2ccccc2O1. The van der Waals surface area contributed by atoms with Crippen molar-refractivity contribution in [2.24, 2.45) is 0 Å². The van der Waals surface area contributed by atoms with Crippen LogP contribution in [0, 0.1) is 11.3 Å². The van der Waals surface area contributed by atoms with Gasteiger partial charge in [-0.15, -0.1) is 13.2 Å². The molecule has 0 aliphatic carbocycles. The maximum atomic E-state index is 12.3. The molecule has 130 valence electrons. The van der Waals surface area contributed by atoms with E-state index in [1.165, 1.54) is 11.1 Å². The van der Waals surface area contributed by atoms with Gasteiger partial charge in [0.1, 0.15) is 24.4 Å². The van der Waals surface area contributed by atoms with Gasteiger partial charge in [-0.3, -0.25) is 4.79 Å². The van der Waals surface area contributed by atoms with Crippen LogP contribution in [0.4, 0.5) is 0 Å². The number of nitrogens with zero attached hydrogens (tertiary/aromatic N) is 2. The molecule has 1 aromatic carbocycles. The lowest BCUT2D eigenvalue weighted by Gasteiger charge is -2.26. The molecule has 0 saturated carbocycles. The second-order valence-electron chi connectivity index (χ2n) is 5.36. The number of nitriles is 1. The van der Waals surface area contributed by atoms with Crippen molar-refractivity contribution in [3.8, 4) is 17.6 Å². The zero-order chi connectivity index (χ0) is 18.1. The number of hydrogen-bond acceptors (Lipinski definition) is 5. The van der Waals surface area contributed by atoms with E-state index in [9.17, 15) is 10.1 Å². The molecule has 6 nitrogen and oxygen atoms in total. The highest BCUT2D eigenvalue weighted by Crippen LogP contribution is 2.30. The Morgan fingerprint density at radius 2 is 2.00 bits per heavy atom. The van der Waals surface area contributed by atoms with Gasteiger partial charge in [0.2, 0.25) is 0 Å². The van der Waals surface area contributed by atoms with Gasteiger partial charge in [0.25, 0.3) is 5.91 Å². The third kappa shape index (κ3) is 4.88. The van der Waals surface area contributed by atoms with Crippen molar-refractivity contribution < 1.29 is 14.3 Å². The highest BCUT2D eigenvalue weighted by molar-refractivity contribution is 5.97. The third-order valence-electron chi connectivity index (χ3n) is 3.50. The largest absolute Gasteiger partial charge is 0.486 e. The molecule has 1 unspecified atom stereocenters. The molecule has 6 heteroatoms. The molecule has 1 heterocycles. The van der Waals surface area contributed by atoms with E-state index in [0.29, 0.717) is 37.7 Å². The molecule has 0 spiro atoms. The Hall–Kier alpha value is -3.20. The summed E-state index contributed by atoms with van der Waals surface area (Å²) in [6.07, 6.45) is 4.41. The monoisotopic (exact) mass is 339 g/mol. The first-order chi connectivity index (χ1) is 12.2. The van der Waals surface area contributed by atoms with E-state index in [2.05, 4.69) is 18.5 Å². The van der Waals surface area contributed by atoms with Crippen LogP contribution < -0.4 is 14.8 Å². The van der Waals surface area contributed by atoms with E-state index >= 15 is 0 Å². The maximum Gasteiger partial charge on any atom is 0.266 e. The molecular formula is C19H21N3O3. The fraction of sp³-hybridized carbons (Fsp3) is 0.263. The normalized spacial score (nSPS) is 15.6. The highest BCUT2D eigenvalue weighted by atomic mass is 16.6. The van der Waals surface area contributed by atoms with Gasteiger partial charge in [0.05, 0.1) is 6.54 Å². The number of carbonyl (C=O) groups is 1. The molecule has 0 fully saturated rings. The van der Waals surface area contributed by atoms with Crippen LogP contribution in [-0.2, 0) is 4.79 Å². The second-order valence-corrected chi connectivity index (χ2v) is 5.36. The molecule has 2 rings (SSSR count). The topological polar surface area (TPSA) is 74.6 Å². The van der Waals surface area contributed by atoms with E-state index in [1.54, 1.807) is 12.2 Å². The Labute approximate surface area is 147 Å². The molecule has 0 radical (unpaired) electrons. The Morgan fingerprint density at radius 3 is 2.64 bits per heavy atom. The van der Waals surface area contributed by atoms with Crippen molar-refractivity contribution in [2.45, 2.75) is 6.10 Å². The van der Waals surface area contributed by atoms with Gasteiger partial charge in [0.15, 0.2) is 11.5 Å². The van der Waals surface area contributed by atoms with Gasteiger partial charge in [-0.25, -0.2) is 0 Å². The molecule has 1 aliphatic heterocycles. The maximum absolute atomic E-state index is 12.3. The number of amides is 1. The van der Waals surface area contributed by atoms with Crippen molar-refractivity contribution in [3.63, 3.8) is 0 Å². The Morgan fingerprint density at radius 1 is 1.32 bits per heavy atom. The van der Waals surface area contributed by atoms with Gasteiger partial charge in [-0.05, 0) is 12.1 Å². The minimum absolute atomic E-state index is 0.0147. The molecular weight excluding hydrogens is 318 g/mol. The lowest BCUT2D eigenvalue weighted by Crippen LogP contribution is -2.37. The molecule has 0 aromatic heterocycles. The number of carbonyl (C=O) groups excluding carboxylic acids is 1. The summed E-state index contributed by atoms with van der Waals surface area (Å²) >= 11 is 0. The number of nitrogens with one attached hydrogen (secondary N) is 1. The zero-order valence-corrected chi connectivity index (χ0v) is 14.0. The molecule has 1 atom stereocenters. The summed E-state index contributed by atoms with van der Waals surface area (Å²) in [4.78, 5) is 13.8. The van der Waals surface area contributed by atoms with Crippen LogP contribution in [-0.4, -0.2) is 43.2 Å². The van der Waals surface area contributed by atoms with E-state index < -0.39 is 0 Å². The van der Waals surface area contributed by atoms with Crippen LogP contribution in [0.15, 0.2) is 61.3 Å². The minimum atomic E-state index is -0.374. The molecule has 1 aromatic rings. The number of para-hydroxylation sites is 2. The number of benzene rings is 1. The molecule has 25 heavy (non-hydrogen) atoms. The van der Waals surface area contributed by atoms with Crippen molar-refractivity contribution in [1.29, 1.82) is 5.26 Å². The van der Waals surface area contributed by atoms with Crippen molar-refractivity contribution in [1.82, 2.24) is 10.2 Å². The summed E-state index contributed by atoms with van der Waals surface area (Å²) in [5.41, 5.74) is 0.0147. The number of ether oxygens (including phenoxy) is 2. The predicted molar refractivity (Wildman–Crippen MR) is 95.0 cm³/mol. The first-order valence-corrected chi connectivity index (χ1v) is 7.92. The summed E-state index contributed by atoms with van der Waals surface area (Å²) in [5.74, 6) is 1.02. The lowest BCUT2D eigenvalue weighted by atomic mass is 10.2. The quantitative estimate of drug-likeness (QED) is 0.446. The summed E-state index contributed by atoms with van der Waals surface area (Å²) in [7, 11) is 0. The average Bonchev–Trinajstić information content (AvgIpc) is 2.64. The van der Waals surface area contributed by atoms with Gasteiger partial charge >= 0.3 is 0 Å². The Kier molecular flexibility index (Phi) is 6.66. The fourth-order valence-corrected chi connectivity index (χ4v) is 2.32. The average molecular weight is 339 g/mol. The van der Waals surface area contributed by atoms with Crippen molar-refractivity contribution >= 4 is 5.91 Å². The van der Waals surface area contributed by atoms with Crippen LogP contribution in [0.2, 0.25) is 0 Å². The van der Waals surface area contributed by atoms with E-state index in [-0.39, 0.29) is 17.6 Å². The van der Waals surface area contributed by atoms with Crippen LogP contribution in [0.3, 0.4) is 0 Å². The standard InChI is InChI=1S/C19H21N3O3/c1-3-9-22(10-4-2)19(23)15(11-20)12-21-13-16-14-24-17-7-5-6-8-18(17)25-16/h3-8,12,16,21H,1-2,9-10,13-14H2/b15-12-. The minimum Gasteiger partial charge on any atom is -0.486 e. The summed E-state index contributed by atoms with van der Waals surface area (Å²) in [5, 5.41) is 12.2. The summed E-state index contributed by atoms with van der Waals surface area (Å²) in [6, 6.07) is 9.36. The van der Waals surface area contributed by atoms with E-state index in [4.69, 9.17) is 9.47 Å². The summed E-state index contributed by atoms with van der Waals surface area (Å²) in [6.45, 7) is 8.73. The number of rotatable bonds is 8. The van der Waals surface area contributed by atoms with E-state index in [1.807, 2.05) is 30.3 Å². The summed E-state index contributed by atoms with van der Waals surface area (Å²) < 4.78 is 11.4. The van der Waals surface area contributed by atoms with E-state index in [0.717, 1.165) is 0 Å². The number of hydrogen-bond donors (Lipinski definition) is 1. The Bertz CT molecular complexity index is 696.